The first-order valence-electron chi connectivity index (χ1n) is 14.7. The van der Waals surface area contributed by atoms with Crippen molar-refractivity contribution in [2.45, 2.75) is 44.2 Å². The maximum Gasteiger partial charge on any atom is 0.369 e. The molecule has 13 heteroatoms. The van der Waals surface area contributed by atoms with Gasteiger partial charge in [0.2, 0.25) is 0 Å². The highest BCUT2D eigenvalue weighted by Crippen LogP contribution is 2.52. The Hall–Kier alpha value is -5.66. The van der Waals surface area contributed by atoms with E-state index in [-0.39, 0.29) is 92.6 Å². The number of esters is 1. The molecule has 0 amide bonds. The molecule has 0 fully saturated rings. The lowest BCUT2D eigenvalue weighted by Crippen LogP contribution is -2.31. The minimum atomic E-state index is -1.21. The molecule has 0 bridgehead atoms. The highest BCUT2D eigenvalue weighted by molar-refractivity contribution is 6.17. The van der Waals surface area contributed by atoms with E-state index >= 15 is 0 Å². The van der Waals surface area contributed by atoms with E-state index in [0.29, 0.717) is 11.1 Å². The summed E-state index contributed by atoms with van der Waals surface area (Å²) in [6.07, 6.45) is -4.92. The third-order valence-electron chi connectivity index (χ3n) is 8.52. The number of carbonyl (C=O) groups is 1. The van der Waals surface area contributed by atoms with Crippen molar-refractivity contribution in [2.24, 2.45) is 0 Å². The fraction of sp³-hybridized carbons (Fsp3) is 0.235. The van der Waals surface area contributed by atoms with Gasteiger partial charge < -0.3 is 55.1 Å². The Bertz CT molecular complexity index is 1970. The maximum atomic E-state index is 13.9. The van der Waals surface area contributed by atoms with Gasteiger partial charge in [-0.15, -0.1) is 0 Å². The number of phenolic OH excluding ortho intramolecular Hbond substituents is 6. The van der Waals surface area contributed by atoms with Crippen LogP contribution in [0.4, 0.5) is 0 Å². The second-order valence-corrected chi connectivity index (χ2v) is 11.5. The Labute approximate surface area is 265 Å². The standard InChI is InChI=1S/C34H28O13/c1-2-44-34(43)29-27-25(11-19(37)15-9-23(41)30(46-32(15)27)13-3-5-17(35)21(39)7-13)45-26-12-20(38)16-10-24(42)31(47-33(16)28(26)29)14-4-6-18(36)22(40)8-14/h3-8,11-12,23-24,30-31,41-42H,2,9-10H2,1H3,(H5-,35,36,37,38,39,40)/p+1/t23-,24-,30+,31+/m1/s1. The van der Waals surface area contributed by atoms with Crippen LogP contribution in [0.5, 0.6) is 46.0 Å². The summed E-state index contributed by atoms with van der Waals surface area (Å²) in [5.41, 5.74) is 0.737. The summed E-state index contributed by atoms with van der Waals surface area (Å²) in [4.78, 5) is 13.9. The van der Waals surface area contributed by atoms with Crippen LogP contribution < -0.4 is 9.47 Å². The number of hydrogen-bond acceptors (Lipinski definition) is 12. The molecule has 5 aromatic rings. The fourth-order valence-corrected chi connectivity index (χ4v) is 6.32. The Morgan fingerprint density at radius 2 is 1.15 bits per heavy atom. The molecule has 0 aliphatic carbocycles. The van der Waals surface area contributed by atoms with Gasteiger partial charge in [0.15, 0.2) is 35.2 Å². The zero-order valence-electron chi connectivity index (χ0n) is 24.7. The number of carbonyl (C=O) groups excluding carboxylic acids is 1. The molecule has 1 aromatic heterocycles. The quantitative estimate of drug-likeness (QED) is 0.0591. The zero-order chi connectivity index (χ0) is 33.3. The monoisotopic (exact) mass is 645 g/mol. The molecule has 4 atom stereocenters. The van der Waals surface area contributed by atoms with Gasteiger partial charge in [-0.3, -0.25) is 0 Å². The molecule has 0 saturated heterocycles. The van der Waals surface area contributed by atoms with Crippen LogP contribution >= 0.6 is 0 Å². The summed E-state index contributed by atoms with van der Waals surface area (Å²) < 4.78 is 24.2. The third-order valence-corrected chi connectivity index (χ3v) is 8.52. The van der Waals surface area contributed by atoms with Crippen LogP contribution in [0.15, 0.2) is 52.9 Å². The van der Waals surface area contributed by atoms with Gasteiger partial charge in [-0.1, -0.05) is 12.1 Å². The molecule has 2 aliphatic rings. The van der Waals surface area contributed by atoms with E-state index in [4.69, 9.17) is 18.6 Å². The van der Waals surface area contributed by atoms with E-state index in [9.17, 15) is 45.6 Å². The lowest BCUT2D eigenvalue weighted by Gasteiger charge is -2.32. The smallest absolute Gasteiger partial charge is 0.369 e. The van der Waals surface area contributed by atoms with E-state index in [0.717, 1.165) is 0 Å². The van der Waals surface area contributed by atoms with Gasteiger partial charge in [-0.25, -0.2) is 9.21 Å². The average Bonchev–Trinajstić information content (AvgIpc) is 3.03. The number of phenols is 6. The van der Waals surface area contributed by atoms with Crippen molar-refractivity contribution in [3.05, 3.63) is 76.3 Å². The van der Waals surface area contributed by atoms with Crippen LogP contribution in [0, 0.1) is 0 Å². The topological polar surface area (TPSA) is 218 Å². The van der Waals surface area contributed by atoms with Crippen LogP contribution in [0.3, 0.4) is 0 Å². The van der Waals surface area contributed by atoms with Crippen molar-refractivity contribution in [1.29, 1.82) is 0 Å². The van der Waals surface area contributed by atoms with Gasteiger partial charge >= 0.3 is 17.1 Å². The molecular weight excluding hydrogens is 616 g/mol. The Morgan fingerprint density at radius 3 is 1.55 bits per heavy atom. The number of benzene rings is 4. The first kappa shape index (κ1) is 30.0. The third kappa shape index (κ3) is 4.78. The number of hydrogen-bond donors (Lipinski definition) is 8. The Balaban J connectivity index is 1.50. The molecule has 13 nitrogen and oxygen atoms in total. The van der Waals surface area contributed by atoms with Crippen molar-refractivity contribution in [1.82, 2.24) is 0 Å². The van der Waals surface area contributed by atoms with Crippen LogP contribution in [-0.2, 0) is 17.6 Å². The second-order valence-electron chi connectivity index (χ2n) is 11.5. The highest BCUT2D eigenvalue weighted by atomic mass is 16.5. The molecule has 0 saturated carbocycles. The summed E-state index contributed by atoms with van der Waals surface area (Å²) >= 11 is 0. The van der Waals surface area contributed by atoms with Crippen molar-refractivity contribution >= 4 is 27.9 Å². The number of rotatable bonds is 4. The molecule has 0 radical (unpaired) electrons. The Kier molecular flexibility index (Phi) is 7.02. The Morgan fingerprint density at radius 1 is 0.702 bits per heavy atom. The molecule has 8 N–H and O–H groups in total. The van der Waals surface area contributed by atoms with E-state index in [1.54, 1.807) is 6.92 Å². The van der Waals surface area contributed by atoms with E-state index in [1.807, 2.05) is 0 Å². The number of aliphatic hydroxyl groups excluding tert-OH is 2. The van der Waals surface area contributed by atoms with Crippen molar-refractivity contribution < 1.29 is 64.3 Å². The number of fused-ring (bicyclic) bond motifs is 6. The molecule has 242 valence electrons. The van der Waals surface area contributed by atoms with E-state index in [2.05, 4.69) is 0 Å². The minimum Gasteiger partial charge on any atom is -0.507 e. The van der Waals surface area contributed by atoms with Crippen LogP contribution in [0.2, 0.25) is 0 Å². The molecule has 4 aromatic carbocycles. The van der Waals surface area contributed by atoms with Gasteiger partial charge in [-0.05, 0) is 42.3 Å². The van der Waals surface area contributed by atoms with E-state index < -0.39 is 41.9 Å². The van der Waals surface area contributed by atoms with Gasteiger partial charge in [-0.2, -0.15) is 0 Å². The molecule has 7 rings (SSSR count). The first-order chi connectivity index (χ1) is 22.5. The molecule has 3 heterocycles. The van der Waals surface area contributed by atoms with Crippen LogP contribution in [0.25, 0.3) is 21.9 Å². The highest BCUT2D eigenvalue weighted by Gasteiger charge is 2.42. The van der Waals surface area contributed by atoms with Crippen molar-refractivity contribution in [3.8, 4) is 46.0 Å². The zero-order valence-corrected chi connectivity index (χ0v) is 24.7. The lowest BCUT2D eigenvalue weighted by atomic mass is 9.89. The summed E-state index contributed by atoms with van der Waals surface area (Å²) in [5, 5.41) is 84.1. The molecule has 2 aliphatic heterocycles. The maximum absolute atomic E-state index is 13.9. The van der Waals surface area contributed by atoms with Crippen LogP contribution in [-0.4, -0.2) is 65.6 Å². The predicted molar refractivity (Wildman–Crippen MR) is 163 cm³/mol. The largest absolute Gasteiger partial charge is 0.507 e. The van der Waals surface area contributed by atoms with Gasteiger partial charge in [0, 0.05) is 24.0 Å². The minimum absolute atomic E-state index is 0.0192. The summed E-state index contributed by atoms with van der Waals surface area (Å²) in [6, 6.07) is 10.3. The second kappa shape index (κ2) is 11.0. The lowest BCUT2D eigenvalue weighted by molar-refractivity contribution is 0.0206. The van der Waals surface area contributed by atoms with Gasteiger partial charge in [0.1, 0.15) is 39.3 Å². The van der Waals surface area contributed by atoms with Crippen LogP contribution in [0.1, 0.15) is 51.7 Å². The van der Waals surface area contributed by atoms with Gasteiger partial charge in [0.05, 0.1) is 30.9 Å². The summed E-state index contributed by atoms with van der Waals surface area (Å²) in [6.45, 7) is 1.58. The number of ether oxygens (including phenoxy) is 3. The van der Waals surface area contributed by atoms with Crippen molar-refractivity contribution in [2.75, 3.05) is 6.61 Å². The molecule has 47 heavy (non-hydrogen) atoms. The average molecular weight is 646 g/mol. The first-order valence-corrected chi connectivity index (χ1v) is 14.7. The normalized spacial score (nSPS) is 20.2. The van der Waals surface area contributed by atoms with E-state index in [1.165, 1.54) is 48.5 Å². The van der Waals surface area contributed by atoms with Gasteiger partial charge in [0.25, 0.3) is 0 Å². The number of aliphatic hydroxyl groups is 2. The molecule has 0 spiro atoms. The summed E-state index contributed by atoms with van der Waals surface area (Å²) in [5.74, 6) is -3.12. The fourth-order valence-electron chi connectivity index (χ4n) is 6.32. The molecular formula is C34H29O13+. The molecule has 0 unspecified atom stereocenters. The predicted octanol–water partition coefficient (Wildman–Crippen LogP) is 4.35. The SMILES string of the molecule is CCOC(=O)c1c2c3c(c(O)cc2[o+]c2cc(O)c4c(c12)O[C@@H](c1ccc(O)c(O)c1)[C@H](O)C4)C[C@@H](O)[C@H](c1ccc(O)c(O)c1)O3. The summed E-state index contributed by atoms with van der Waals surface area (Å²) in [7, 11) is 0. The van der Waals surface area contributed by atoms with Crippen molar-refractivity contribution in [3.63, 3.8) is 0 Å². The number of aromatic hydroxyl groups is 6.